The van der Waals surface area contributed by atoms with Crippen molar-refractivity contribution in [1.82, 2.24) is 0 Å². The van der Waals surface area contributed by atoms with E-state index in [1.807, 2.05) is 0 Å². The summed E-state index contributed by atoms with van der Waals surface area (Å²) in [6.45, 7) is 0.309. The first-order valence-corrected chi connectivity index (χ1v) is 8.95. The summed E-state index contributed by atoms with van der Waals surface area (Å²) in [6.07, 6.45) is 7.28. The highest BCUT2D eigenvalue weighted by Crippen LogP contribution is 2.39. The zero-order valence-corrected chi connectivity index (χ0v) is 14.1. The number of ether oxygens (including phenoxy) is 3. The molecule has 0 aromatic rings. The molecule has 25 heavy (non-hydrogen) atoms. The molecule has 2 aliphatic carbocycles. The molecule has 3 fully saturated rings. The lowest BCUT2D eigenvalue weighted by atomic mass is 9.87. The van der Waals surface area contributed by atoms with E-state index in [0.717, 1.165) is 37.8 Å². The fraction of sp³-hybridized carbons (Fsp3) is 0.722. The number of aliphatic hydroxyl groups is 1. The van der Waals surface area contributed by atoms with Crippen molar-refractivity contribution in [2.24, 2.45) is 11.8 Å². The van der Waals surface area contributed by atoms with E-state index in [4.69, 9.17) is 14.2 Å². The van der Waals surface area contributed by atoms with Crippen molar-refractivity contribution < 1.29 is 33.7 Å². The Hall–Kier alpha value is -1.73. The Morgan fingerprint density at radius 1 is 1.00 bits per heavy atom. The molecule has 1 saturated heterocycles. The fourth-order valence-electron chi connectivity index (χ4n) is 3.62. The third-order valence-corrected chi connectivity index (χ3v) is 5.11. The van der Waals surface area contributed by atoms with Crippen molar-refractivity contribution in [3.8, 4) is 0 Å². The third kappa shape index (κ3) is 5.37. The summed E-state index contributed by atoms with van der Waals surface area (Å²) in [7, 11) is 0. The smallest absolute Gasteiger partial charge is 0.338 e. The number of hydrogen-bond donors (Lipinski definition) is 1. The maximum absolute atomic E-state index is 11.8. The quantitative estimate of drug-likeness (QED) is 0.344. The summed E-state index contributed by atoms with van der Waals surface area (Å²) >= 11 is 0. The first-order chi connectivity index (χ1) is 12.0. The summed E-state index contributed by atoms with van der Waals surface area (Å²) in [5.74, 6) is -2.34. The first-order valence-electron chi connectivity index (χ1n) is 8.95. The van der Waals surface area contributed by atoms with E-state index in [0.29, 0.717) is 44.0 Å². The van der Waals surface area contributed by atoms with Gasteiger partial charge in [-0.2, -0.15) is 0 Å². The van der Waals surface area contributed by atoms with Crippen molar-refractivity contribution >= 4 is 17.9 Å². The fourth-order valence-corrected chi connectivity index (χ4v) is 3.62. The van der Waals surface area contributed by atoms with Gasteiger partial charge in [0, 0.05) is 12.2 Å². The normalized spacial score (nSPS) is 34.2. The predicted octanol–water partition coefficient (Wildman–Crippen LogP) is 1.27. The predicted molar refractivity (Wildman–Crippen MR) is 85.2 cm³/mol. The van der Waals surface area contributed by atoms with Crippen molar-refractivity contribution in [1.29, 1.82) is 0 Å². The number of esters is 3. The number of hydrogen-bond acceptors (Lipinski definition) is 7. The highest BCUT2D eigenvalue weighted by Gasteiger charge is 2.43. The molecule has 2 saturated carbocycles. The van der Waals surface area contributed by atoms with Crippen molar-refractivity contribution in [3.63, 3.8) is 0 Å². The van der Waals surface area contributed by atoms with Crippen molar-refractivity contribution in [2.75, 3.05) is 6.61 Å². The molecule has 0 radical (unpaired) electrons. The lowest BCUT2D eigenvalue weighted by Gasteiger charge is -2.23. The van der Waals surface area contributed by atoms with Gasteiger partial charge < -0.3 is 19.3 Å². The maximum atomic E-state index is 11.8. The molecular formula is C18H24O7. The van der Waals surface area contributed by atoms with Crippen LogP contribution in [0, 0.1) is 11.8 Å². The molecule has 0 amide bonds. The monoisotopic (exact) mass is 352 g/mol. The van der Waals surface area contributed by atoms with Gasteiger partial charge in [-0.05, 0) is 44.4 Å². The molecule has 1 aliphatic heterocycles. The summed E-state index contributed by atoms with van der Waals surface area (Å²) in [5.41, 5.74) is 0. The van der Waals surface area contributed by atoms with E-state index in [2.05, 4.69) is 0 Å². The summed E-state index contributed by atoms with van der Waals surface area (Å²) in [5, 5.41) is 9.55. The zero-order chi connectivity index (χ0) is 17.8. The number of carbonyl (C=O) groups excluding carboxylic acids is 3. The lowest BCUT2D eigenvalue weighted by molar-refractivity contribution is -0.161. The van der Waals surface area contributed by atoms with Gasteiger partial charge in [0.05, 0.1) is 30.8 Å². The van der Waals surface area contributed by atoms with Gasteiger partial charge in [0.25, 0.3) is 0 Å². The zero-order valence-electron chi connectivity index (χ0n) is 14.1. The van der Waals surface area contributed by atoms with Gasteiger partial charge in [0.15, 0.2) is 0 Å². The Kier molecular flexibility index (Phi) is 5.86. The summed E-state index contributed by atoms with van der Waals surface area (Å²) in [6, 6.07) is 0. The molecule has 0 spiro atoms. The minimum atomic E-state index is -0.895. The molecule has 3 aliphatic rings. The van der Waals surface area contributed by atoms with E-state index in [1.54, 1.807) is 0 Å². The second-order valence-corrected chi connectivity index (χ2v) is 7.11. The number of carbonyl (C=O) groups is 3. The van der Waals surface area contributed by atoms with Crippen LogP contribution in [0.4, 0.5) is 0 Å². The molecule has 7 nitrogen and oxygen atoms in total. The Bertz CT molecular complexity index is 556. The molecule has 0 bridgehead atoms. The highest BCUT2D eigenvalue weighted by atomic mass is 16.6. The maximum Gasteiger partial charge on any atom is 0.338 e. The Balaban J connectivity index is 1.34. The van der Waals surface area contributed by atoms with Gasteiger partial charge in [-0.15, -0.1) is 0 Å². The van der Waals surface area contributed by atoms with Gasteiger partial charge in [-0.1, -0.05) is 6.42 Å². The molecule has 5 atom stereocenters. The second-order valence-electron chi connectivity index (χ2n) is 7.11. The van der Waals surface area contributed by atoms with E-state index < -0.39 is 29.9 Å². The Labute approximate surface area is 146 Å². The van der Waals surface area contributed by atoms with Crippen molar-refractivity contribution in [2.45, 2.75) is 63.3 Å². The van der Waals surface area contributed by atoms with Crippen LogP contribution in [0.1, 0.15) is 44.9 Å². The molecule has 7 heteroatoms. The largest absolute Gasteiger partial charge is 0.462 e. The van der Waals surface area contributed by atoms with Gasteiger partial charge in [0.1, 0.15) is 0 Å². The molecule has 0 aromatic heterocycles. The van der Waals surface area contributed by atoms with Crippen LogP contribution in [0.2, 0.25) is 0 Å². The van der Waals surface area contributed by atoms with Gasteiger partial charge in [-0.3, -0.25) is 4.79 Å². The highest BCUT2D eigenvalue weighted by molar-refractivity contribution is 5.96. The van der Waals surface area contributed by atoms with Crippen LogP contribution in [-0.2, 0) is 28.6 Å². The molecule has 1 heterocycles. The number of fused-ring (bicyclic) bond motifs is 1. The molecule has 138 valence electrons. The van der Waals surface area contributed by atoms with E-state index in [-0.39, 0.29) is 0 Å². The van der Waals surface area contributed by atoms with Gasteiger partial charge >= 0.3 is 17.9 Å². The van der Waals surface area contributed by atoms with Gasteiger partial charge in [0.2, 0.25) is 0 Å². The molecule has 1 N–H and O–H groups in total. The molecular weight excluding hydrogens is 328 g/mol. The minimum absolute atomic E-state index is 0.298. The standard InChI is InChI=1S/C18H24O7/c19-13-3-1-2-12(9-13)18(22)25-17(21)7-6-16(20)23-10-11-4-5-14-15(8-11)24-14/h6-7,11-15,19H,1-5,8-10H2/b7-6-. The van der Waals surface area contributed by atoms with Crippen LogP contribution < -0.4 is 0 Å². The van der Waals surface area contributed by atoms with E-state index in [1.165, 1.54) is 0 Å². The van der Waals surface area contributed by atoms with Crippen LogP contribution in [0.3, 0.4) is 0 Å². The number of rotatable bonds is 5. The molecule has 0 aromatic carbocycles. The van der Waals surface area contributed by atoms with Crippen LogP contribution in [0.5, 0.6) is 0 Å². The van der Waals surface area contributed by atoms with Gasteiger partial charge in [-0.25, -0.2) is 9.59 Å². The number of aliphatic hydroxyl groups excluding tert-OH is 1. The SMILES string of the molecule is O=C(/C=C\C(=O)OC(=O)C1CCCC(O)C1)OCC1CCC2OC2C1. The van der Waals surface area contributed by atoms with E-state index >= 15 is 0 Å². The summed E-state index contributed by atoms with van der Waals surface area (Å²) < 4.78 is 15.3. The van der Waals surface area contributed by atoms with Crippen LogP contribution in [0.25, 0.3) is 0 Å². The Morgan fingerprint density at radius 3 is 2.56 bits per heavy atom. The average Bonchev–Trinajstić information content (AvgIpc) is 3.37. The number of epoxide rings is 1. The van der Waals surface area contributed by atoms with Crippen LogP contribution >= 0.6 is 0 Å². The lowest BCUT2D eigenvalue weighted by Crippen LogP contribution is -2.28. The Morgan fingerprint density at radius 2 is 1.80 bits per heavy atom. The molecule has 3 rings (SSSR count). The summed E-state index contributed by atoms with van der Waals surface area (Å²) in [4.78, 5) is 35.1. The topological polar surface area (TPSA) is 102 Å². The van der Waals surface area contributed by atoms with Crippen molar-refractivity contribution in [3.05, 3.63) is 12.2 Å². The third-order valence-electron chi connectivity index (χ3n) is 5.11. The van der Waals surface area contributed by atoms with Crippen LogP contribution in [0.15, 0.2) is 12.2 Å². The van der Waals surface area contributed by atoms with Crippen LogP contribution in [-0.4, -0.2) is 47.9 Å². The minimum Gasteiger partial charge on any atom is -0.462 e. The van der Waals surface area contributed by atoms with E-state index in [9.17, 15) is 19.5 Å². The second kappa shape index (κ2) is 8.10. The first kappa shape index (κ1) is 18.1. The average molecular weight is 352 g/mol. The molecule has 5 unspecified atom stereocenters.